The summed E-state index contributed by atoms with van der Waals surface area (Å²) in [6.07, 6.45) is 6.58. The smallest absolute Gasteiger partial charge is 0.271 e. The van der Waals surface area contributed by atoms with Gasteiger partial charge in [-0.3, -0.25) is 19.3 Å². The Bertz CT molecular complexity index is 1490. The van der Waals surface area contributed by atoms with Crippen LogP contribution < -0.4 is 10.6 Å². The van der Waals surface area contributed by atoms with E-state index in [1.54, 1.807) is 31.2 Å². The van der Waals surface area contributed by atoms with Gasteiger partial charge in [-0.15, -0.1) is 0 Å². The zero-order valence-electron chi connectivity index (χ0n) is 24.8. The van der Waals surface area contributed by atoms with Crippen LogP contribution in [-0.4, -0.2) is 65.4 Å². The molecule has 226 valence electrons. The van der Waals surface area contributed by atoms with E-state index in [9.17, 15) is 18.8 Å². The van der Waals surface area contributed by atoms with E-state index in [0.29, 0.717) is 28.8 Å². The number of carbonyl (C=O) groups excluding carboxylic acids is 3. The second-order valence-corrected chi connectivity index (χ2v) is 10.7. The third-order valence-electron chi connectivity index (χ3n) is 7.12. The molecule has 9 nitrogen and oxygen atoms in total. The average molecular weight is 588 g/mol. The van der Waals surface area contributed by atoms with E-state index < -0.39 is 11.7 Å². The van der Waals surface area contributed by atoms with Gasteiger partial charge >= 0.3 is 0 Å². The average Bonchev–Trinajstić information content (AvgIpc) is 3.39. The third kappa shape index (κ3) is 8.79. The summed E-state index contributed by atoms with van der Waals surface area (Å²) in [5.41, 5.74) is 3.67. The maximum absolute atomic E-state index is 13.3. The van der Waals surface area contributed by atoms with E-state index in [0.717, 1.165) is 57.2 Å². The number of carbonyl (C=O) groups is 3. The number of imidazole rings is 1. The molecule has 1 aromatic heterocycles. The molecular formula is C33H38FN5O4. The quantitative estimate of drug-likeness (QED) is 0.175. The highest BCUT2D eigenvalue weighted by Crippen LogP contribution is 2.22. The predicted molar refractivity (Wildman–Crippen MR) is 163 cm³/mol. The van der Waals surface area contributed by atoms with Crippen LogP contribution in [0.4, 0.5) is 4.39 Å². The third-order valence-corrected chi connectivity index (χ3v) is 7.12. The van der Waals surface area contributed by atoms with Crippen molar-refractivity contribution in [3.63, 3.8) is 0 Å². The molecule has 1 aliphatic rings. The standard InChI is InChI=1S/C33H38FN5O4/c1-23(2)31-29(35-21-39(31)13-5-12-38-14-16-43-17-15-38)18-24(3)37-33(42)30(36-22-40)20-25-6-4-7-27(19-25)32(41)26-8-10-28(34)11-9-26/h4,6-11,18-23H,5,12-17H2,1-3H3,(H,36,40)(H,37,42)/b24-18-,30-20-. The molecule has 43 heavy (non-hydrogen) atoms. The topological polar surface area (TPSA) is 106 Å². The molecule has 0 aliphatic carbocycles. The van der Waals surface area contributed by atoms with Crippen molar-refractivity contribution in [2.75, 3.05) is 32.8 Å². The molecule has 2 aromatic carbocycles. The first kappa shape index (κ1) is 31.5. The molecule has 2 heterocycles. The second kappa shape index (κ2) is 15.2. The number of allylic oxidation sites excluding steroid dienone is 1. The number of hydrogen-bond donors (Lipinski definition) is 2. The Morgan fingerprint density at radius 1 is 1.05 bits per heavy atom. The summed E-state index contributed by atoms with van der Waals surface area (Å²) >= 11 is 0. The number of morpholine rings is 1. The first-order valence-electron chi connectivity index (χ1n) is 14.4. The number of nitrogens with zero attached hydrogens (tertiary/aromatic N) is 3. The molecule has 4 rings (SSSR count). The number of hydrogen-bond acceptors (Lipinski definition) is 6. The summed E-state index contributed by atoms with van der Waals surface area (Å²) in [6, 6.07) is 11.9. The Labute approximate surface area is 251 Å². The Balaban J connectivity index is 1.46. The van der Waals surface area contributed by atoms with Crippen molar-refractivity contribution in [1.29, 1.82) is 0 Å². The van der Waals surface area contributed by atoms with Crippen molar-refractivity contribution < 1.29 is 23.5 Å². The van der Waals surface area contributed by atoms with Gasteiger partial charge in [0, 0.05) is 48.7 Å². The molecule has 2 N–H and O–H groups in total. The van der Waals surface area contributed by atoms with Crippen molar-refractivity contribution in [3.05, 3.63) is 100 Å². The highest BCUT2D eigenvalue weighted by Gasteiger charge is 2.16. The highest BCUT2D eigenvalue weighted by atomic mass is 19.1. The second-order valence-electron chi connectivity index (χ2n) is 10.7. The van der Waals surface area contributed by atoms with Crippen LogP contribution in [0.5, 0.6) is 0 Å². The molecule has 2 amide bonds. The van der Waals surface area contributed by atoms with E-state index in [1.165, 1.54) is 30.3 Å². The van der Waals surface area contributed by atoms with Gasteiger partial charge in [0.15, 0.2) is 5.78 Å². The monoisotopic (exact) mass is 587 g/mol. The summed E-state index contributed by atoms with van der Waals surface area (Å²) in [4.78, 5) is 44.4. The molecule has 1 saturated heterocycles. The number of amides is 2. The number of ketones is 1. The molecule has 0 bridgehead atoms. The molecule has 1 aliphatic heterocycles. The van der Waals surface area contributed by atoms with Crippen LogP contribution in [0, 0.1) is 5.82 Å². The first-order chi connectivity index (χ1) is 20.7. The van der Waals surface area contributed by atoms with Gasteiger partial charge in [-0.05, 0) is 67.3 Å². The Kier molecular flexibility index (Phi) is 11.1. The SMILES string of the molecule is C/C(=C/c1ncn(CCCN2CCOCC2)c1C(C)C)NC(=O)/C(=C/c1cccc(C(=O)c2ccc(F)cc2)c1)NC=O. The van der Waals surface area contributed by atoms with Gasteiger partial charge < -0.3 is 19.9 Å². The Morgan fingerprint density at radius 3 is 2.49 bits per heavy atom. The molecular weight excluding hydrogens is 549 g/mol. The van der Waals surface area contributed by atoms with Crippen molar-refractivity contribution in [2.45, 2.75) is 39.7 Å². The molecule has 0 saturated carbocycles. The number of aromatic nitrogens is 2. The minimum Gasteiger partial charge on any atom is -0.379 e. The Morgan fingerprint density at radius 2 is 1.79 bits per heavy atom. The normalized spacial score (nSPS) is 14.5. The molecule has 3 aromatic rings. The van der Waals surface area contributed by atoms with Gasteiger partial charge in [-0.1, -0.05) is 32.0 Å². The molecule has 0 spiro atoms. The molecule has 0 unspecified atom stereocenters. The fourth-order valence-corrected chi connectivity index (χ4v) is 5.04. The number of aryl methyl sites for hydroxylation is 1. The fraction of sp³-hybridized carbons (Fsp3) is 0.333. The molecule has 0 radical (unpaired) electrons. The summed E-state index contributed by atoms with van der Waals surface area (Å²) in [5, 5.41) is 5.28. The van der Waals surface area contributed by atoms with Gasteiger partial charge in [-0.25, -0.2) is 9.37 Å². The number of halogens is 1. The maximum Gasteiger partial charge on any atom is 0.271 e. The lowest BCUT2D eigenvalue weighted by Crippen LogP contribution is -2.37. The number of nitrogens with one attached hydrogen (secondary N) is 2. The van der Waals surface area contributed by atoms with Crippen molar-refractivity contribution in [1.82, 2.24) is 25.1 Å². The van der Waals surface area contributed by atoms with E-state index in [4.69, 9.17) is 4.74 Å². The van der Waals surface area contributed by atoms with Crippen LogP contribution >= 0.6 is 0 Å². The van der Waals surface area contributed by atoms with Gasteiger partial charge in [0.25, 0.3) is 5.91 Å². The predicted octanol–water partition coefficient (Wildman–Crippen LogP) is 4.36. The van der Waals surface area contributed by atoms with Crippen LogP contribution in [0.2, 0.25) is 0 Å². The summed E-state index contributed by atoms with van der Waals surface area (Å²) in [7, 11) is 0. The van der Waals surface area contributed by atoms with Crippen molar-refractivity contribution in [3.8, 4) is 0 Å². The largest absolute Gasteiger partial charge is 0.379 e. The Hall–Kier alpha value is -4.41. The first-order valence-corrected chi connectivity index (χ1v) is 14.4. The van der Waals surface area contributed by atoms with Crippen LogP contribution in [0.15, 0.2) is 66.3 Å². The van der Waals surface area contributed by atoms with E-state index in [2.05, 4.69) is 38.9 Å². The number of rotatable bonds is 13. The summed E-state index contributed by atoms with van der Waals surface area (Å²) in [6.45, 7) is 11.3. The van der Waals surface area contributed by atoms with Crippen LogP contribution in [0.3, 0.4) is 0 Å². The minimum atomic E-state index is -0.521. The molecule has 0 atom stereocenters. The van der Waals surface area contributed by atoms with Crippen LogP contribution in [0.25, 0.3) is 12.2 Å². The van der Waals surface area contributed by atoms with E-state index in [1.807, 2.05) is 12.4 Å². The van der Waals surface area contributed by atoms with E-state index >= 15 is 0 Å². The molecule has 1 fully saturated rings. The zero-order valence-corrected chi connectivity index (χ0v) is 24.8. The van der Waals surface area contributed by atoms with Gasteiger partial charge in [0.2, 0.25) is 6.41 Å². The lowest BCUT2D eigenvalue weighted by molar-refractivity contribution is -0.118. The summed E-state index contributed by atoms with van der Waals surface area (Å²) in [5.74, 6) is -1.02. The van der Waals surface area contributed by atoms with Crippen molar-refractivity contribution in [2.24, 2.45) is 0 Å². The summed E-state index contributed by atoms with van der Waals surface area (Å²) < 4.78 is 20.9. The van der Waals surface area contributed by atoms with Crippen molar-refractivity contribution >= 4 is 30.3 Å². The maximum atomic E-state index is 13.3. The van der Waals surface area contributed by atoms with Crippen LogP contribution in [0.1, 0.15) is 66.0 Å². The fourth-order valence-electron chi connectivity index (χ4n) is 5.04. The lowest BCUT2D eigenvalue weighted by Gasteiger charge is -2.26. The van der Waals surface area contributed by atoms with Crippen LogP contribution in [-0.2, 0) is 20.9 Å². The highest BCUT2D eigenvalue weighted by molar-refractivity contribution is 6.09. The zero-order chi connectivity index (χ0) is 30.8. The van der Waals surface area contributed by atoms with Gasteiger partial charge in [0.05, 0.1) is 25.2 Å². The lowest BCUT2D eigenvalue weighted by atomic mass is 10.0. The van der Waals surface area contributed by atoms with Gasteiger partial charge in [0.1, 0.15) is 11.5 Å². The van der Waals surface area contributed by atoms with Gasteiger partial charge in [-0.2, -0.15) is 0 Å². The number of benzene rings is 2. The minimum absolute atomic E-state index is 0.00635. The number of ether oxygens (including phenoxy) is 1. The van der Waals surface area contributed by atoms with E-state index in [-0.39, 0.29) is 17.4 Å². The molecule has 10 heteroatoms.